The summed E-state index contributed by atoms with van der Waals surface area (Å²) >= 11 is 6.25. The molecule has 1 aromatic heterocycles. The van der Waals surface area contributed by atoms with Gasteiger partial charge in [-0.2, -0.15) is 0 Å². The van der Waals surface area contributed by atoms with E-state index in [1.807, 2.05) is 24.0 Å². The number of aromatic nitrogens is 2. The van der Waals surface area contributed by atoms with Crippen LogP contribution in [0.2, 0.25) is 5.02 Å². The molecule has 168 valence electrons. The summed E-state index contributed by atoms with van der Waals surface area (Å²) in [6, 6.07) is 3.91. The summed E-state index contributed by atoms with van der Waals surface area (Å²) < 4.78 is 26.9. The van der Waals surface area contributed by atoms with Crippen molar-refractivity contribution >= 4 is 23.8 Å². The van der Waals surface area contributed by atoms with Gasteiger partial charge in [-0.15, -0.1) is 5.92 Å². The number of nitrogens with one attached hydrogen (secondary N) is 1. The molecular formula is C24H25ClF2N4O. The minimum atomic E-state index is -2.63. The van der Waals surface area contributed by atoms with E-state index in [4.69, 9.17) is 11.6 Å². The quantitative estimate of drug-likeness (QED) is 0.509. The molecule has 2 aliphatic rings. The van der Waals surface area contributed by atoms with E-state index in [0.29, 0.717) is 28.5 Å². The van der Waals surface area contributed by atoms with Gasteiger partial charge in [0.25, 0.3) is 5.92 Å². The molecule has 5 nitrogen and oxygen atoms in total. The first-order valence-electron chi connectivity index (χ1n) is 10.5. The zero-order valence-corrected chi connectivity index (χ0v) is 19.1. The minimum Gasteiger partial charge on any atom is -0.351 e. The first kappa shape index (κ1) is 22.6. The Balaban J connectivity index is 1.50. The molecule has 1 unspecified atom stereocenters. The van der Waals surface area contributed by atoms with Crippen molar-refractivity contribution in [3.05, 3.63) is 51.3 Å². The summed E-state index contributed by atoms with van der Waals surface area (Å²) in [5.74, 6) is 3.83. The van der Waals surface area contributed by atoms with E-state index in [-0.39, 0.29) is 25.4 Å². The Labute approximate surface area is 191 Å². The monoisotopic (exact) mass is 458 g/mol. The van der Waals surface area contributed by atoms with Crippen molar-refractivity contribution in [2.24, 2.45) is 0 Å². The Morgan fingerprint density at radius 3 is 2.75 bits per heavy atom. The van der Waals surface area contributed by atoms with Gasteiger partial charge in [0.15, 0.2) is 6.29 Å². The Morgan fingerprint density at radius 1 is 1.34 bits per heavy atom. The molecule has 8 heteroatoms. The minimum absolute atomic E-state index is 0.0661. The predicted molar refractivity (Wildman–Crippen MR) is 120 cm³/mol. The molecule has 0 spiro atoms. The maximum Gasteiger partial charge on any atom is 0.251 e. The number of carbonyl (C=O) groups is 1. The zero-order valence-electron chi connectivity index (χ0n) is 18.3. The molecule has 1 saturated carbocycles. The van der Waals surface area contributed by atoms with Crippen molar-refractivity contribution in [1.82, 2.24) is 14.9 Å². The van der Waals surface area contributed by atoms with E-state index < -0.39 is 11.5 Å². The van der Waals surface area contributed by atoms with Crippen LogP contribution in [0, 0.1) is 11.8 Å². The van der Waals surface area contributed by atoms with Crippen LogP contribution in [0.15, 0.2) is 18.3 Å². The molecule has 32 heavy (non-hydrogen) atoms. The van der Waals surface area contributed by atoms with E-state index in [1.165, 1.54) is 11.8 Å². The SMILES string of the molecule is CC#Cc1cc(Cl)cc2c1CC(Nc1ncc(C=O)c(CN(C)C3(C)CC(F)(F)C3)n1)C2. The Kier molecular flexibility index (Phi) is 5.95. The number of rotatable bonds is 6. The number of halogens is 3. The molecule has 1 fully saturated rings. The molecule has 1 N–H and O–H groups in total. The van der Waals surface area contributed by atoms with Crippen molar-refractivity contribution < 1.29 is 13.6 Å². The average Bonchev–Trinajstić information content (AvgIpc) is 3.09. The molecule has 1 atom stereocenters. The van der Waals surface area contributed by atoms with Gasteiger partial charge in [0.2, 0.25) is 5.95 Å². The summed E-state index contributed by atoms with van der Waals surface area (Å²) in [6.45, 7) is 3.89. The summed E-state index contributed by atoms with van der Waals surface area (Å²) in [5, 5.41) is 4.01. The van der Waals surface area contributed by atoms with Crippen LogP contribution in [0.25, 0.3) is 0 Å². The normalized spacial score (nSPS) is 20.2. The number of anilines is 1. The van der Waals surface area contributed by atoms with E-state index in [2.05, 4.69) is 27.1 Å². The Hall–Kier alpha value is -2.56. The number of alkyl halides is 2. The van der Waals surface area contributed by atoms with E-state index in [1.54, 1.807) is 14.0 Å². The lowest BCUT2D eigenvalue weighted by Gasteiger charge is -2.50. The van der Waals surface area contributed by atoms with Gasteiger partial charge in [0, 0.05) is 47.8 Å². The average molecular weight is 459 g/mol. The smallest absolute Gasteiger partial charge is 0.251 e. The highest BCUT2D eigenvalue weighted by molar-refractivity contribution is 6.30. The highest BCUT2D eigenvalue weighted by atomic mass is 35.5. The highest BCUT2D eigenvalue weighted by Gasteiger charge is 2.55. The maximum absolute atomic E-state index is 13.4. The molecule has 0 radical (unpaired) electrons. The fourth-order valence-corrected chi connectivity index (χ4v) is 4.94. The van der Waals surface area contributed by atoms with Crippen molar-refractivity contribution in [2.75, 3.05) is 12.4 Å². The summed E-state index contributed by atoms with van der Waals surface area (Å²) in [6.07, 6.45) is 3.31. The van der Waals surface area contributed by atoms with Gasteiger partial charge in [-0.1, -0.05) is 17.5 Å². The number of hydrogen-bond donors (Lipinski definition) is 1. The molecule has 1 aromatic carbocycles. The second-order valence-corrected chi connectivity index (χ2v) is 9.43. The second-order valence-electron chi connectivity index (χ2n) is 8.99. The topological polar surface area (TPSA) is 58.1 Å². The van der Waals surface area contributed by atoms with Crippen molar-refractivity contribution in [3.8, 4) is 11.8 Å². The van der Waals surface area contributed by atoms with Crippen LogP contribution in [0.4, 0.5) is 14.7 Å². The molecular weight excluding hydrogens is 434 g/mol. The van der Waals surface area contributed by atoms with Gasteiger partial charge in [0.05, 0.1) is 11.3 Å². The van der Waals surface area contributed by atoms with Crippen LogP contribution in [-0.2, 0) is 19.4 Å². The van der Waals surface area contributed by atoms with E-state index >= 15 is 0 Å². The molecule has 1 heterocycles. The third-order valence-electron chi connectivity index (χ3n) is 6.43. The van der Waals surface area contributed by atoms with Crippen molar-refractivity contribution in [2.45, 2.75) is 63.6 Å². The first-order valence-corrected chi connectivity index (χ1v) is 10.9. The lowest BCUT2D eigenvalue weighted by molar-refractivity contribution is -0.165. The van der Waals surface area contributed by atoms with Crippen molar-refractivity contribution in [3.63, 3.8) is 0 Å². The van der Waals surface area contributed by atoms with E-state index in [9.17, 15) is 13.6 Å². The third kappa shape index (κ3) is 4.48. The Bertz CT molecular complexity index is 1120. The standard InChI is InChI=1S/C24H25ClF2N4O/c1-4-5-15-6-18(25)7-16-8-19(9-20(15)16)29-22-28-10-17(12-32)21(30-22)11-31(3)23(2)13-24(26,27)14-23/h6-7,10,12,19H,8-9,11,13-14H2,1-3H3,(H,28,29,30). The van der Waals surface area contributed by atoms with Crippen LogP contribution >= 0.6 is 11.6 Å². The molecule has 0 bridgehead atoms. The van der Waals surface area contributed by atoms with Gasteiger partial charge < -0.3 is 5.32 Å². The molecule has 0 saturated heterocycles. The first-order chi connectivity index (χ1) is 15.1. The van der Waals surface area contributed by atoms with Gasteiger partial charge in [-0.3, -0.25) is 9.69 Å². The zero-order chi connectivity index (χ0) is 23.1. The fourth-order valence-electron chi connectivity index (χ4n) is 4.70. The Morgan fingerprint density at radius 2 is 2.09 bits per heavy atom. The lowest BCUT2D eigenvalue weighted by atomic mass is 9.73. The number of hydrogen-bond acceptors (Lipinski definition) is 5. The number of nitrogens with zero attached hydrogens (tertiary/aromatic N) is 3. The van der Waals surface area contributed by atoms with Crippen LogP contribution in [0.3, 0.4) is 0 Å². The number of benzene rings is 1. The number of fused-ring (bicyclic) bond motifs is 1. The summed E-state index contributed by atoms with van der Waals surface area (Å²) in [4.78, 5) is 22.2. The van der Waals surface area contributed by atoms with Crippen LogP contribution < -0.4 is 5.32 Å². The van der Waals surface area contributed by atoms with Gasteiger partial charge >= 0.3 is 0 Å². The lowest BCUT2D eigenvalue weighted by Crippen LogP contribution is -2.58. The highest BCUT2D eigenvalue weighted by Crippen LogP contribution is 2.48. The number of aldehydes is 1. The van der Waals surface area contributed by atoms with Crippen molar-refractivity contribution in [1.29, 1.82) is 0 Å². The largest absolute Gasteiger partial charge is 0.351 e. The maximum atomic E-state index is 13.4. The van der Waals surface area contributed by atoms with Gasteiger partial charge in [-0.05, 0) is 57.0 Å². The van der Waals surface area contributed by atoms with E-state index in [0.717, 1.165) is 24.0 Å². The van der Waals surface area contributed by atoms with Gasteiger partial charge in [-0.25, -0.2) is 18.7 Å². The third-order valence-corrected chi connectivity index (χ3v) is 6.65. The van der Waals surface area contributed by atoms with Crippen LogP contribution in [0.1, 0.15) is 59.4 Å². The molecule has 2 aromatic rings. The molecule has 2 aliphatic carbocycles. The number of carbonyl (C=O) groups excluding carboxylic acids is 1. The van der Waals surface area contributed by atoms with Gasteiger partial charge in [0.1, 0.15) is 0 Å². The molecule has 4 rings (SSSR count). The fraction of sp³-hybridized carbons (Fsp3) is 0.458. The summed E-state index contributed by atoms with van der Waals surface area (Å²) in [5.41, 5.74) is 3.52. The predicted octanol–water partition coefficient (Wildman–Crippen LogP) is 4.51. The second kappa shape index (κ2) is 8.42. The van der Waals surface area contributed by atoms with Crippen LogP contribution in [0.5, 0.6) is 0 Å². The molecule has 0 aliphatic heterocycles. The van der Waals surface area contributed by atoms with Crippen LogP contribution in [-0.4, -0.2) is 45.7 Å². The summed E-state index contributed by atoms with van der Waals surface area (Å²) in [7, 11) is 1.78. The molecule has 0 amide bonds.